The van der Waals surface area contributed by atoms with Gasteiger partial charge in [-0.05, 0) is 19.9 Å². The summed E-state index contributed by atoms with van der Waals surface area (Å²) in [7, 11) is 0. The third-order valence-corrected chi connectivity index (χ3v) is 3.48. The monoisotopic (exact) mass is 305 g/mol. The van der Waals surface area contributed by atoms with Crippen LogP contribution >= 0.6 is 24.8 Å². The number of nitrogens with two attached hydrogens (primary N) is 1. The molecule has 108 valence electrons. The maximum absolute atomic E-state index is 5.85. The molecule has 0 aliphatic carbocycles. The standard InChI is InChI=1S/C12H19N5.2ClH/c1-8-15-11-3-5-14-4-2-10(11)12(16-8)17-6-9(13)7-17;;/h9,14H,2-7,13H2,1H3;2*1H. The average Bonchev–Trinajstić information content (AvgIpc) is 2.48. The molecule has 1 aromatic rings. The highest BCUT2D eigenvalue weighted by atomic mass is 35.5. The lowest BCUT2D eigenvalue weighted by Gasteiger charge is -2.39. The van der Waals surface area contributed by atoms with Gasteiger partial charge >= 0.3 is 0 Å². The molecule has 19 heavy (non-hydrogen) atoms. The first-order valence-electron chi connectivity index (χ1n) is 6.31. The molecule has 0 atom stereocenters. The van der Waals surface area contributed by atoms with Crippen LogP contribution in [0.5, 0.6) is 0 Å². The second-order valence-corrected chi connectivity index (χ2v) is 4.93. The molecule has 1 fully saturated rings. The van der Waals surface area contributed by atoms with E-state index in [1.807, 2.05) is 6.92 Å². The zero-order valence-electron chi connectivity index (χ0n) is 11.1. The minimum atomic E-state index is 0. The third-order valence-electron chi connectivity index (χ3n) is 3.48. The molecule has 3 rings (SSSR count). The Kier molecular flexibility index (Phi) is 5.80. The van der Waals surface area contributed by atoms with E-state index in [-0.39, 0.29) is 24.8 Å². The van der Waals surface area contributed by atoms with Crippen molar-refractivity contribution in [2.45, 2.75) is 25.8 Å². The largest absolute Gasteiger partial charge is 0.353 e. The van der Waals surface area contributed by atoms with Crippen LogP contribution in [0.2, 0.25) is 0 Å². The van der Waals surface area contributed by atoms with E-state index in [0.29, 0.717) is 6.04 Å². The average molecular weight is 306 g/mol. The summed E-state index contributed by atoms with van der Waals surface area (Å²) in [5, 5.41) is 3.41. The first kappa shape index (κ1) is 16.4. The molecule has 0 unspecified atom stereocenters. The van der Waals surface area contributed by atoms with Gasteiger partial charge in [-0.15, -0.1) is 24.8 Å². The van der Waals surface area contributed by atoms with Crippen molar-refractivity contribution in [3.8, 4) is 0 Å². The third kappa shape index (κ3) is 3.28. The van der Waals surface area contributed by atoms with E-state index in [0.717, 1.165) is 50.7 Å². The molecular weight excluding hydrogens is 285 g/mol. The molecule has 3 N–H and O–H groups in total. The minimum Gasteiger partial charge on any atom is -0.353 e. The summed E-state index contributed by atoms with van der Waals surface area (Å²) in [6, 6.07) is 0.310. The Balaban J connectivity index is 0.000000902. The van der Waals surface area contributed by atoms with E-state index in [1.165, 1.54) is 11.3 Å². The molecular formula is C12H21Cl2N5. The Labute approximate surface area is 126 Å². The highest BCUT2D eigenvalue weighted by molar-refractivity contribution is 5.85. The second-order valence-electron chi connectivity index (χ2n) is 4.93. The lowest BCUT2D eigenvalue weighted by Crippen LogP contribution is -2.56. The number of rotatable bonds is 1. The van der Waals surface area contributed by atoms with Crippen molar-refractivity contribution in [1.82, 2.24) is 15.3 Å². The summed E-state index contributed by atoms with van der Waals surface area (Å²) in [4.78, 5) is 11.5. The Morgan fingerprint density at radius 3 is 2.53 bits per heavy atom. The second kappa shape index (κ2) is 6.70. The predicted molar refractivity (Wildman–Crippen MR) is 81.7 cm³/mol. The zero-order chi connectivity index (χ0) is 11.8. The number of hydrogen-bond donors (Lipinski definition) is 2. The van der Waals surface area contributed by atoms with E-state index in [1.54, 1.807) is 0 Å². The highest BCUT2D eigenvalue weighted by Crippen LogP contribution is 2.26. The van der Waals surface area contributed by atoms with Gasteiger partial charge in [0.1, 0.15) is 11.6 Å². The van der Waals surface area contributed by atoms with Crippen LogP contribution in [-0.2, 0) is 12.8 Å². The van der Waals surface area contributed by atoms with Gasteiger partial charge in [0.15, 0.2) is 0 Å². The van der Waals surface area contributed by atoms with Crippen molar-refractivity contribution in [2.75, 3.05) is 31.1 Å². The number of hydrogen-bond acceptors (Lipinski definition) is 5. The predicted octanol–water partition coefficient (Wildman–Crippen LogP) is 0.464. The van der Waals surface area contributed by atoms with Gasteiger partial charge in [-0.1, -0.05) is 0 Å². The Hall–Kier alpha value is -0.620. The molecule has 0 bridgehead atoms. The van der Waals surface area contributed by atoms with E-state index in [4.69, 9.17) is 5.73 Å². The number of nitrogens with zero attached hydrogens (tertiary/aromatic N) is 3. The first-order chi connectivity index (χ1) is 8.24. The van der Waals surface area contributed by atoms with Crippen LogP contribution < -0.4 is 16.0 Å². The molecule has 0 spiro atoms. The van der Waals surface area contributed by atoms with Crippen LogP contribution in [0.3, 0.4) is 0 Å². The summed E-state index contributed by atoms with van der Waals surface area (Å²) >= 11 is 0. The molecule has 3 heterocycles. The Morgan fingerprint density at radius 1 is 1.16 bits per heavy atom. The molecule has 2 aliphatic rings. The summed E-state index contributed by atoms with van der Waals surface area (Å²) in [6.45, 7) is 5.86. The van der Waals surface area contributed by atoms with E-state index < -0.39 is 0 Å². The lowest BCUT2D eigenvalue weighted by atomic mass is 10.1. The molecule has 1 saturated heterocycles. The Bertz CT molecular complexity index is 434. The fourth-order valence-corrected chi connectivity index (χ4v) is 2.59. The lowest BCUT2D eigenvalue weighted by molar-refractivity contribution is 0.511. The Morgan fingerprint density at radius 2 is 1.84 bits per heavy atom. The van der Waals surface area contributed by atoms with Crippen LogP contribution in [0.25, 0.3) is 0 Å². The van der Waals surface area contributed by atoms with Gasteiger partial charge < -0.3 is 16.0 Å². The molecule has 0 radical (unpaired) electrons. The maximum Gasteiger partial charge on any atom is 0.135 e. The van der Waals surface area contributed by atoms with Gasteiger partial charge in [-0.2, -0.15) is 0 Å². The van der Waals surface area contributed by atoms with E-state index in [2.05, 4.69) is 20.2 Å². The summed E-state index contributed by atoms with van der Waals surface area (Å²) in [6.07, 6.45) is 2.03. The van der Waals surface area contributed by atoms with Crippen molar-refractivity contribution < 1.29 is 0 Å². The first-order valence-corrected chi connectivity index (χ1v) is 6.31. The maximum atomic E-state index is 5.85. The summed E-state index contributed by atoms with van der Waals surface area (Å²) in [5.74, 6) is 2.00. The normalized spacial score (nSPS) is 18.5. The van der Waals surface area contributed by atoms with E-state index in [9.17, 15) is 0 Å². The fourth-order valence-electron chi connectivity index (χ4n) is 2.59. The molecule has 0 amide bonds. The smallest absolute Gasteiger partial charge is 0.135 e. The van der Waals surface area contributed by atoms with Crippen LogP contribution in [0.15, 0.2) is 0 Å². The molecule has 0 aromatic carbocycles. The summed E-state index contributed by atoms with van der Waals surface area (Å²) in [5.41, 5.74) is 8.40. The van der Waals surface area contributed by atoms with Crippen molar-refractivity contribution in [3.63, 3.8) is 0 Å². The fraction of sp³-hybridized carbons (Fsp3) is 0.667. The van der Waals surface area contributed by atoms with Crippen LogP contribution in [0.1, 0.15) is 17.1 Å². The molecule has 2 aliphatic heterocycles. The van der Waals surface area contributed by atoms with Gasteiger partial charge in [0.25, 0.3) is 0 Å². The van der Waals surface area contributed by atoms with Crippen molar-refractivity contribution in [3.05, 3.63) is 17.1 Å². The molecule has 7 heteroatoms. The zero-order valence-corrected chi connectivity index (χ0v) is 12.7. The van der Waals surface area contributed by atoms with Gasteiger partial charge in [-0.3, -0.25) is 0 Å². The molecule has 5 nitrogen and oxygen atoms in total. The highest BCUT2D eigenvalue weighted by Gasteiger charge is 2.28. The minimum absolute atomic E-state index is 0. The molecule has 0 saturated carbocycles. The van der Waals surface area contributed by atoms with Gasteiger partial charge in [0.05, 0.1) is 5.69 Å². The number of halogens is 2. The van der Waals surface area contributed by atoms with Gasteiger partial charge in [-0.25, -0.2) is 9.97 Å². The number of nitrogens with one attached hydrogen (secondary N) is 1. The van der Waals surface area contributed by atoms with Crippen LogP contribution in [0, 0.1) is 6.92 Å². The topological polar surface area (TPSA) is 67.1 Å². The van der Waals surface area contributed by atoms with Crippen LogP contribution in [-0.4, -0.2) is 42.2 Å². The molecule has 1 aromatic heterocycles. The van der Waals surface area contributed by atoms with Crippen molar-refractivity contribution in [1.29, 1.82) is 0 Å². The number of anilines is 1. The van der Waals surface area contributed by atoms with Gasteiger partial charge in [0.2, 0.25) is 0 Å². The summed E-state index contributed by atoms with van der Waals surface area (Å²) < 4.78 is 0. The van der Waals surface area contributed by atoms with Gasteiger partial charge in [0, 0.05) is 37.7 Å². The quantitative estimate of drug-likeness (QED) is 0.789. The SMILES string of the molecule is Cc1nc2c(c(N3CC(N)C3)n1)CCNCC2.Cl.Cl. The number of aromatic nitrogens is 2. The van der Waals surface area contributed by atoms with E-state index >= 15 is 0 Å². The van der Waals surface area contributed by atoms with Crippen LogP contribution in [0.4, 0.5) is 5.82 Å². The van der Waals surface area contributed by atoms with Crippen molar-refractivity contribution in [2.24, 2.45) is 5.73 Å². The number of fused-ring (bicyclic) bond motifs is 1. The number of aryl methyl sites for hydroxylation is 1. The van der Waals surface area contributed by atoms with Crippen molar-refractivity contribution >= 4 is 30.6 Å².